The van der Waals surface area contributed by atoms with Crippen molar-refractivity contribution in [3.8, 4) is 0 Å². The Labute approximate surface area is 220 Å². The number of hydrogen-bond donors (Lipinski definition) is 7. The van der Waals surface area contributed by atoms with Crippen molar-refractivity contribution >= 4 is 47.2 Å². The molecule has 8 N–H and O–H groups in total. The summed E-state index contributed by atoms with van der Waals surface area (Å²) < 4.78 is 0. The van der Waals surface area contributed by atoms with Crippen LogP contribution in [0.4, 0.5) is 5.69 Å². The van der Waals surface area contributed by atoms with Crippen LogP contribution in [-0.4, -0.2) is 82.3 Å². The normalized spacial score (nSPS) is 11.0. The zero-order chi connectivity index (χ0) is 29.5. The highest BCUT2D eigenvalue weighted by atomic mass is 16.6. The Morgan fingerprint density at radius 2 is 1.36 bits per heavy atom. The van der Waals surface area contributed by atoms with Gasteiger partial charge in [-0.3, -0.25) is 38.9 Å². The summed E-state index contributed by atoms with van der Waals surface area (Å²) in [5, 5.41) is 37.9. The van der Waals surface area contributed by atoms with Crippen molar-refractivity contribution in [3.05, 3.63) is 39.4 Å². The minimum atomic E-state index is -1.49. The molecule has 1 aromatic rings. The molecule has 0 aliphatic rings. The number of aliphatic carboxylic acids is 2. The molecular formula is C22H28N6O11. The van der Waals surface area contributed by atoms with E-state index in [-0.39, 0.29) is 49.9 Å². The summed E-state index contributed by atoms with van der Waals surface area (Å²) in [6, 6.07) is 1.53. The van der Waals surface area contributed by atoms with Gasteiger partial charge in [-0.1, -0.05) is 0 Å². The standard InChI is InChI=1S/C22H28N6O11/c23-16(29)10-15(22(36)37)27-18(31)4-2-6-25-21(35)13-7-12(8-14(9-13)28(38)39)20(34)24-5-1-3-17(30)26-11-19(32)33/h7-9,15H,1-6,10-11H2,(H2,23,29)(H,24,34)(H,25,35)(H,26,30)(H,27,31)(H,32,33)(H,36,37). The zero-order valence-corrected chi connectivity index (χ0v) is 20.6. The minimum absolute atomic E-state index is 0.00616. The lowest BCUT2D eigenvalue weighted by Gasteiger charge is -2.13. The van der Waals surface area contributed by atoms with Gasteiger partial charge in [0.05, 0.1) is 11.3 Å². The van der Waals surface area contributed by atoms with Crippen molar-refractivity contribution in [2.24, 2.45) is 5.73 Å². The molecular weight excluding hydrogens is 524 g/mol. The van der Waals surface area contributed by atoms with E-state index in [2.05, 4.69) is 21.3 Å². The van der Waals surface area contributed by atoms with Gasteiger partial charge in [0.25, 0.3) is 17.5 Å². The molecule has 1 aromatic carbocycles. The zero-order valence-electron chi connectivity index (χ0n) is 20.6. The molecule has 1 rings (SSSR count). The molecule has 0 spiro atoms. The third-order valence-corrected chi connectivity index (χ3v) is 4.86. The Morgan fingerprint density at radius 3 is 1.79 bits per heavy atom. The second kappa shape index (κ2) is 15.9. The number of nitro benzene ring substituents is 1. The van der Waals surface area contributed by atoms with Crippen LogP contribution in [0.1, 0.15) is 52.8 Å². The highest BCUT2D eigenvalue weighted by molar-refractivity contribution is 6.00. The molecule has 5 amide bonds. The summed E-state index contributed by atoms with van der Waals surface area (Å²) >= 11 is 0. The van der Waals surface area contributed by atoms with Crippen LogP contribution in [0, 0.1) is 10.1 Å². The average molecular weight is 552 g/mol. The van der Waals surface area contributed by atoms with Crippen molar-refractivity contribution in [1.82, 2.24) is 21.3 Å². The maximum absolute atomic E-state index is 12.5. The smallest absolute Gasteiger partial charge is 0.326 e. The summed E-state index contributed by atoms with van der Waals surface area (Å²) in [4.78, 5) is 91.2. The van der Waals surface area contributed by atoms with E-state index in [0.29, 0.717) is 0 Å². The van der Waals surface area contributed by atoms with Gasteiger partial charge in [0.2, 0.25) is 17.7 Å². The largest absolute Gasteiger partial charge is 0.480 e. The van der Waals surface area contributed by atoms with Crippen molar-refractivity contribution in [1.29, 1.82) is 0 Å². The van der Waals surface area contributed by atoms with Gasteiger partial charge >= 0.3 is 11.9 Å². The Balaban J connectivity index is 2.65. The summed E-state index contributed by atoms with van der Waals surface area (Å²) in [5.74, 6) is -6.33. The van der Waals surface area contributed by atoms with Crippen molar-refractivity contribution in [2.75, 3.05) is 19.6 Å². The number of carboxylic acids is 2. The number of primary amides is 1. The number of nitro groups is 1. The van der Waals surface area contributed by atoms with Crippen LogP contribution in [0.5, 0.6) is 0 Å². The van der Waals surface area contributed by atoms with Crippen molar-refractivity contribution in [3.63, 3.8) is 0 Å². The predicted molar refractivity (Wildman–Crippen MR) is 130 cm³/mol. The van der Waals surface area contributed by atoms with Crippen LogP contribution in [-0.2, 0) is 24.0 Å². The SMILES string of the molecule is NC(=O)CC(NC(=O)CCCNC(=O)c1cc(C(=O)NCCCC(=O)NCC(=O)O)cc([N+](=O)[O-])c1)C(=O)O. The topological polar surface area (TPSA) is 277 Å². The van der Waals surface area contributed by atoms with Gasteiger partial charge in [-0.25, -0.2) is 4.79 Å². The number of carbonyl (C=O) groups excluding carboxylic acids is 5. The molecule has 0 aliphatic carbocycles. The molecule has 0 aromatic heterocycles. The number of nitrogens with two attached hydrogens (primary N) is 1. The first-order valence-corrected chi connectivity index (χ1v) is 11.4. The van der Waals surface area contributed by atoms with Gasteiger partial charge in [-0.15, -0.1) is 0 Å². The number of nitrogens with one attached hydrogen (secondary N) is 4. The second-order valence-electron chi connectivity index (χ2n) is 8.04. The fraction of sp³-hybridized carbons (Fsp3) is 0.409. The third-order valence-electron chi connectivity index (χ3n) is 4.86. The van der Waals surface area contributed by atoms with Gasteiger partial charge < -0.3 is 37.2 Å². The van der Waals surface area contributed by atoms with Crippen LogP contribution in [0.2, 0.25) is 0 Å². The predicted octanol–water partition coefficient (Wildman–Crippen LogP) is -1.74. The minimum Gasteiger partial charge on any atom is -0.480 e. The van der Waals surface area contributed by atoms with Gasteiger partial charge in [0.15, 0.2) is 0 Å². The highest BCUT2D eigenvalue weighted by Gasteiger charge is 2.22. The molecule has 0 saturated heterocycles. The van der Waals surface area contributed by atoms with Crippen LogP contribution < -0.4 is 27.0 Å². The van der Waals surface area contributed by atoms with Gasteiger partial charge in [0.1, 0.15) is 12.6 Å². The van der Waals surface area contributed by atoms with Crippen LogP contribution in [0.3, 0.4) is 0 Å². The van der Waals surface area contributed by atoms with E-state index in [1.165, 1.54) is 0 Å². The lowest BCUT2D eigenvalue weighted by molar-refractivity contribution is -0.384. The number of rotatable bonds is 17. The Kier molecular flexibility index (Phi) is 13.0. The summed E-state index contributed by atoms with van der Waals surface area (Å²) in [7, 11) is 0. The molecule has 1 atom stereocenters. The molecule has 0 aliphatic heterocycles. The number of nitrogens with zero attached hydrogens (tertiary/aromatic N) is 1. The summed E-state index contributed by atoms with van der Waals surface area (Å²) in [5.41, 5.74) is 4.00. The van der Waals surface area contributed by atoms with Crippen LogP contribution >= 0.6 is 0 Å². The van der Waals surface area contributed by atoms with Gasteiger partial charge in [0, 0.05) is 49.2 Å². The monoisotopic (exact) mass is 552 g/mol. The molecule has 17 nitrogen and oxygen atoms in total. The molecule has 17 heteroatoms. The quantitative estimate of drug-likeness (QED) is 0.0647. The molecule has 0 saturated carbocycles. The van der Waals surface area contributed by atoms with Crippen LogP contribution in [0.15, 0.2) is 18.2 Å². The van der Waals surface area contributed by atoms with E-state index in [1.807, 2.05) is 0 Å². The number of benzene rings is 1. The lowest BCUT2D eigenvalue weighted by Crippen LogP contribution is -2.43. The number of non-ortho nitro benzene ring substituents is 1. The number of carbonyl (C=O) groups is 7. The molecule has 0 fully saturated rings. The molecule has 212 valence electrons. The molecule has 1 unspecified atom stereocenters. The van der Waals surface area contributed by atoms with Gasteiger partial charge in [-0.05, 0) is 18.9 Å². The van der Waals surface area contributed by atoms with E-state index in [1.54, 1.807) is 0 Å². The second-order valence-corrected chi connectivity index (χ2v) is 8.04. The molecule has 0 heterocycles. The van der Waals surface area contributed by atoms with E-state index in [9.17, 15) is 43.7 Å². The lowest BCUT2D eigenvalue weighted by atomic mass is 10.1. The van der Waals surface area contributed by atoms with Gasteiger partial charge in [-0.2, -0.15) is 0 Å². The first kappa shape index (κ1) is 31.9. The summed E-state index contributed by atoms with van der Waals surface area (Å²) in [6.07, 6.45) is -0.662. The highest BCUT2D eigenvalue weighted by Crippen LogP contribution is 2.17. The van der Waals surface area contributed by atoms with Crippen LogP contribution in [0.25, 0.3) is 0 Å². The fourth-order valence-electron chi connectivity index (χ4n) is 3.01. The molecule has 0 radical (unpaired) electrons. The number of amides is 5. The van der Waals surface area contributed by atoms with E-state index < -0.39 is 71.1 Å². The molecule has 0 bridgehead atoms. The average Bonchev–Trinajstić information content (AvgIpc) is 2.86. The first-order chi connectivity index (χ1) is 18.3. The van der Waals surface area contributed by atoms with E-state index >= 15 is 0 Å². The number of carboxylic acid groups (broad SMARTS) is 2. The van der Waals surface area contributed by atoms with Crippen molar-refractivity contribution < 1.29 is 48.7 Å². The maximum atomic E-state index is 12.5. The Morgan fingerprint density at radius 1 is 0.846 bits per heavy atom. The first-order valence-electron chi connectivity index (χ1n) is 11.4. The Hall–Kier alpha value is -5.09. The van der Waals surface area contributed by atoms with E-state index in [4.69, 9.17) is 15.9 Å². The molecule has 39 heavy (non-hydrogen) atoms. The fourth-order valence-corrected chi connectivity index (χ4v) is 3.01. The Bertz CT molecular complexity index is 1140. The maximum Gasteiger partial charge on any atom is 0.326 e. The number of hydrogen-bond acceptors (Lipinski definition) is 9. The third kappa shape index (κ3) is 12.6. The van der Waals surface area contributed by atoms with E-state index in [0.717, 1.165) is 18.2 Å². The van der Waals surface area contributed by atoms with Crippen molar-refractivity contribution in [2.45, 2.75) is 38.1 Å². The summed E-state index contributed by atoms with van der Waals surface area (Å²) in [6.45, 7) is -0.624.